The molecule has 0 saturated carbocycles. The summed E-state index contributed by atoms with van der Waals surface area (Å²) in [6, 6.07) is -0.261. The van der Waals surface area contributed by atoms with Gasteiger partial charge in [-0.05, 0) is 13.0 Å². The van der Waals surface area contributed by atoms with Crippen LogP contribution in [-0.2, 0) is 9.53 Å². The van der Waals surface area contributed by atoms with Gasteiger partial charge in [-0.3, -0.25) is 13.0 Å². The quantitative estimate of drug-likeness (QED) is 0.383. The van der Waals surface area contributed by atoms with Crippen molar-refractivity contribution in [1.82, 2.24) is 0 Å². The lowest BCUT2D eigenvalue weighted by atomic mass is 10.3. The van der Waals surface area contributed by atoms with Crippen LogP contribution in [0.2, 0.25) is 12.6 Å². The first-order chi connectivity index (χ1) is 5.45. The van der Waals surface area contributed by atoms with Crippen LogP contribution >= 0.6 is 0 Å². The van der Waals surface area contributed by atoms with Crippen molar-refractivity contribution in [2.75, 3.05) is 6.61 Å². The standard InChI is InChI=1S/C7H14F2O2Si/c1-3-4-7(10)11-5-6-12(2,8)9/h3-6H2,1-2H3. The summed E-state index contributed by atoms with van der Waals surface area (Å²) in [5, 5.41) is 0. The zero-order chi connectivity index (χ0) is 9.61. The van der Waals surface area contributed by atoms with Gasteiger partial charge in [0.1, 0.15) is 0 Å². The second-order valence-electron chi connectivity index (χ2n) is 2.79. The molecule has 72 valence electrons. The van der Waals surface area contributed by atoms with Gasteiger partial charge in [0.25, 0.3) is 0 Å². The lowest BCUT2D eigenvalue weighted by Gasteiger charge is -2.06. The molecule has 5 heteroatoms. The van der Waals surface area contributed by atoms with Gasteiger partial charge in [-0.2, -0.15) is 0 Å². The Hall–Kier alpha value is -0.453. The van der Waals surface area contributed by atoms with Gasteiger partial charge in [0.05, 0.1) is 6.61 Å². The molecule has 0 aromatic heterocycles. The molecular formula is C7H14F2O2Si. The van der Waals surface area contributed by atoms with E-state index in [1.54, 1.807) is 0 Å². The van der Waals surface area contributed by atoms with E-state index in [2.05, 4.69) is 4.74 Å². The number of ether oxygens (including phenoxy) is 1. The van der Waals surface area contributed by atoms with Crippen molar-refractivity contribution in [2.24, 2.45) is 0 Å². The fourth-order valence-corrected chi connectivity index (χ4v) is 1.08. The van der Waals surface area contributed by atoms with Crippen LogP contribution < -0.4 is 0 Å². The van der Waals surface area contributed by atoms with Gasteiger partial charge >= 0.3 is 14.7 Å². The van der Waals surface area contributed by atoms with Gasteiger partial charge in [0.2, 0.25) is 0 Å². The molecule has 0 aliphatic heterocycles. The lowest BCUT2D eigenvalue weighted by Crippen LogP contribution is -2.20. The molecule has 0 unspecified atom stereocenters. The Labute approximate surface area is 72.3 Å². The van der Waals surface area contributed by atoms with E-state index < -0.39 is 8.74 Å². The van der Waals surface area contributed by atoms with Gasteiger partial charge in [-0.1, -0.05) is 6.92 Å². The molecule has 0 N–H and O–H groups in total. The Balaban J connectivity index is 3.37. The van der Waals surface area contributed by atoms with E-state index in [4.69, 9.17) is 0 Å². The molecule has 0 bridgehead atoms. The summed E-state index contributed by atoms with van der Waals surface area (Å²) in [5.41, 5.74) is 0. The fourth-order valence-electron chi connectivity index (χ4n) is 0.620. The molecule has 2 nitrogen and oxygen atoms in total. The summed E-state index contributed by atoms with van der Waals surface area (Å²) in [6.45, 7) is 2.65. The van der Waals surface area contributed by atoms with E-state index in [1.165, 1.54) is 0 Å². The van der Waals surface area contributed by atoms with Crippen LogP contribution in [0.25, 0.3) is 0 Å². The number of esters is 1. The largest absolute Gasteiger partial charge is 0.466 e. The van der Waals surface area contributed by atoms with Crippen LogP contribution in [0.1, 0.15) is 19.8 Å². The van der Waals surface area contributed by atoms with Crippen molar-refractivity contribution in [2.45, 2.75) is 32.4 Å². The molecule has 0 spiro atoms. The number of carbonyl (C=O) groups excluding carboxylic acids is 1. The first-order valence-corrected chi connectivity index (χ1v) is 6.45. The normalized spacial score (nSPS) is 11.3. The maximum absolute atomic E-state index is 12.3. The minimum Gasteiger partial charge on any atom is -0.466 e. The second-order valence-corrected chi connectivity index (χ2v) is 5.43. The Kier molecular flexibility index (Phi) is 5.04. The third-order valence-corrected chi connectivity index (χ3v) is 2.34. The van der Waals surface area contributed by atoms with Crippen LogP contribution in [0, 0.1) is 0 Å². The van der Waals surface area contributed by atoms with E-state index in [0.29, 0.717) is 12.8 Å². The van der Waals surface area contributed by atoms with Gasteiger partial charge in [-0.25, -0.2) is 0 Å². The summed E-state index contributed by atoms with van der Waals surface area (Å²) >= 11 is 0. The molecule has 0 fully saturated rings. The van der Waals surface area contributed by atoms with Crippen LogP contribution in [0.15, 0.2) is 0 Å². The summed E-state index contributed by atoms with van der Waals surface area (Å²) in [4.78, 5) is 10.7. The monoisotopic (exact) mass is 196 g/mol. The van der Waals surface area contributed by atoms with E-state index in [1.807, 2.05) is 6.92 Å². The highest BCUT2D eigenvalue weighted by atomic mass is 28.4. The van der Waals surface area contributed by atoms with Crippen LogP contribution in [0.4, 0.5) is 8.22 Å². The van der Waals surface area contributed by atoms with Crippen LogP contribution in [0.5, 0.6) is 0 Å². The van der Waals surface area contributed by atoms with E-state index in [-0.39, 0.29) is 18.6 Å². The summed E-state index contributed by atoms with van der Waals surface area (Å²) in [7, 11) is -4.02. The zero-order valence-corrected chi connectivity index (χ0v) is 8.40. The topological polar surface area (TPSA) is 26.3 Å². The molecule has 0 saturated heterocycles. The molecule has 0 aliphatic rings. The predicted octanol–water partition coefficient (Wildman–Crippen LogP) is 2.34. The molecule has 0 aromatic rings. The minimum atomic E-state index is -4.02. The summed E-state index contributed by atoms with van der Waals surface area (Å²) in [5.74, 6) is -0.379. The average molecular weight is 196 g/mol. The number of hydrogen-bond donors (Lipinski definition) is 0. The van der Waals surface area contributed by atoms with E-state index in [9.17, 15) is 13.0 Å². The van der Waals surface area contributed by atoms with Crippen molar-refractivity contribution in [3.63, 3.8) is 0 Å². The Morgan fingerprint density at radius 3 is 2.50 bits per heavy atom. The van der Waals surface area contributed by atoms with Gasteiger partial charge < -0.3 is 4.74 Å². The Morgan fingerprint density at radius 1 is 1.50 bits per heavy atom. The first kappa shape index (κ1) is 11.5. The molecular weight excluding hydrogens is 182 g/mol. The molecule has 0 amide bonds. The summed E-state index contributed by atoms with van der Waals surface area (Å²) in [6.07, 6.45) is 1.01. The SMILES string of the molecule is CCCC(=O)OCC[Si](C)(F)F. The lowest BCUT2D eigenvalue weighted by molar-refractivity contribution is -0.143. The maximum Gasteiger partial charge on any atom is 0.425 e. The van der Waals surface area contributed by atoms with Crippen molar-refractivity contribution in [1.29, 1.82) is 0 Å². The van der Waals surface area contributed by atoms with Crippen molar-refractivity contribution < 1.29 is 17.7 Å². The zero-order valence-electron chi connectivity index (χ0n) is 7.40. The number of rotatable bonds is 5. The van der Waals surface area contributed by atoms with E-state index >= 15 is 0 Å². The third kappa shape index (κ3) is 7.65. The second kappa shape index (κ2) is 5.24. The van der Waals surface area contributed by atoms with Crippen molar-refractivity contribution in [3.05, 3.63) is 0 Å². The third-order valence-electron chi connectivity index (χ3n) is 1.26. The number of carbonyl (C=O) groups is 1. The molecule has 0 aromatic carbocycles. The number of hydrogen-bond acceptors (Lipinski definition) is 2. The van der Waals surface area contributed by atoms with Gasteiger partial charge in [0.15, 0.2) is 0 Å². The Morgan fingerprint density at radius 2 is 2.08 bits per heavy atom. The highest BCUT2D eigenvalue weighted by Crippen LogP contribution is 2.12. The molecule has 0 atom stereocenters. The van der Waals surface area contributed by atoms with Crippen molar-refractivity contribution in [3.8, 4) is 0 Å². The fraction of sp³-hybridized carbons (Fsp3) is 0.857. The Bertz CT molecular complexity index is 145. The van der Waals surface area contributed by atoms with Crippen LogP contribution in [0.3, 0.4) is 0 Å². The van der Waals surface area contributed by atoms with Gasteiger partial charge in [0, 0.05) is 12.5 Å². The minimum absolute atomic E-state index is 0.130. The molecule has 0 aliphatic carbocycles. The molecule has 0 rings (SSSR count). The highest BCUT2D eigenvalue weighted by Gasteiger charge is 2.27. The first-order valence-electron chi connectivity index (χ1n) is 3.99. The molecule has 0 radical (unpaired) electrons. The number of halogens is 2. The average Bonchev–Trinajstić information content (AvgIpc) is 1.84. The van der Waals surface area contributed by atoms with Crippen LogP contribution in [-0.4, -0.2) is 21.3 Å². The summed E-state index contributed by atoms with van der Waals surface area (Å²) < 4.78 is 29.2. The molecule has 0 heterocycles. The van der Waals surface area contributed by atoms with Crippen molar-refractivity contribution >= 4 is 14.7 Å². The smallest absolute Gasteiger partial charge is 0.425 e. The van der Waals surface area contributed by atoms with Gasteiger partial charge in [-0.15, -0.1) is 0 Å². The van der Waals surface area contributed by atoms with E-state index in [0.717, 1.165) is 6.55 Å². The highest BCUT2D eigenvalue weighted by molar-refractivity contribution is 6.64. The maximum atomic E-state index is 12.3. The molecule has 12 heavy (non-hydrogen) atoms. The predicted molar refractivity (Wildman–Crippen MR) is 44.5 cm³/mol.